The second-order valence-corrected chi connectivity index (χ2v) is 6.59. The second-order valence-electron chi connectivity index (χ2n) is 6.19. The summed E-state index contributed by atoms with van der Waals surface area (Å²) in [4.78, 5) is 12.4. The van der Waals surface area contributed by atoms with Crippen LogP contribution in [0.3, 0.4) is 0 Å². The van der Waals surface area contributed by atoms with Crippen LogP contribution in [0.1, 0.15) is 41.7 Å². The summed E-state index contributed by atoms with van der Waals surface area (Å²) in [5.41, 5.74) is 1.64. The fourth-order valence-corrected chi connectivity index (χ4v) is 3.08. The van der Waals surface area contributed by atoms with Crippen molar-refractivity contribution < 1.29 is 9.53 Å². The lowest BCUT2D eigenvalue weighted by molar-refractivity contribution is 0.102. The summed E-state index contributed by atoms with van der Waals surface area (Å²) < 4.78 is 5.27. The Balaban J connectivity index is 1.70. The van der Waals surface area contributed by atoms with Gasteiger partial charge in [0.25, 0.3) is 5.91 Å². The first kappa shape index (κ1) is 17.5. The van der Waals surface area contributed by atoms with Gasteiger partial charge in [-0.15, -0.1) is 10.2 Å². The molecule has 0 atom stereocenters. The van der Waals surface area contributed by atoms with Gasteiger partial charge in [0.1, 0.15) is 11.6 Å². The molecule has 3 rings (SSSR count). The molecule has 1 fully saturated rings. The molecular weight excluding hydrogens is 340 g/mol. The molecule has 1 aromatic heterocycles. The first-order valence-corrected chi connectivity index (χ1v) is 8.70. The average Bonchev–Trinajstić information content (AvgIpc) is 3.11. The van der Waals surface area contributed by atoms with E-state index >= 15 is 0 Å². The molecule has 6 nitrogen and oxygen atoms in total. The number of benzene rings is 1. The van der Waals surface area contributed by atoms with Gasteiger partial charge in [-0.3, -0.25) is 4.79 Å². The Bertz CT molecular complexity index is 758. The standard InChI is InChI=1S/C18H21ClN4O2/c1-11-9-15(16(25-2)10-13(11)19)21-18(24)14-7-8-17(23-22-14)20-12-5-3-4-6-12/h7-10,12H,3-6H2,1-2H3,(H,20,23)(H,21,24). The highest BCUT2D eigenvalue weighted by Crippen LogP contribution is 2.31. The molecule has 0 radical (unpaired) electrons. The summed E-state index contributed by atoms with van der Waals surface area (Å²) in [6.07, 6.45) is 4.79. The third-order valence-corrected chi connectivity index (χ3v) is 4.74. The Morgan fingerprint density at radius 1 is 1.24 bits per heavy atom. The molecule has 0 aliphatic heterocycles. The number of carbonyl (C=O) groups excluding carboxylic acids is 1. The Morgan fingerprint density at radius 2 is 2.00 bits per heavy atom. The highest BCUT2D eigenvalue weighted by atomic mass is 35.5. The fourth-order valence-electron chi connectivity index (χ4n) is 2.93. The smallest absolute Gasteiger partial charge is 0.276 e. The van der Waals surface area contributed by atoms with Gasteiger partial charge in [0.15, 0.2) is 5.69 Å². The number of hydrogen-bond donors (Lipinski definition) is 2. The zero-order valence-corrected chi connectivity index (χ0v) is 15.1. The van der Waals surface area contributed by atoms with Gasteiger partial charge in [-0.2, -0.15) is 0 Å². The number of rotatable bonds is 5. The minimum Gasteiger partial charge on any atom is -0.495 e. The van der Waals surface area contributed by atoms with Crippen LogP contribution >= 0.6 is 11.6 Å². The van der Waals surface area contributed by atoms with E-state index in [0.29, 0.717) is 28.3 Å². The van der Waals surface area contributed by atoms with E-state index in [1.807, 2.05) is 6.92 Å². The molecule has 0 unspecified atom stereocenters. The van der Waals surface area contributed by atoms with Gasteiger partial charge in [-0.05, 0) is 43.5 Å². The van der Waals surface area contributed by atoms with E-state index < -0.39 is 0 Å². The van der Waals surface area contributed by atoms with Crippen molar-refractivity contribution in [3.63, 3.8) is 0 Å². The molecule has 0 spiro atoms. The molecule has 2 aromatic rings. The summed E-state index contributed by atoms with van der Waals surface area (Å²) in [5, 5.41) is 14.8. The third kappa shape index (κ3) is 4.20. The predicted molar refractivity (Wildman–Crippen MR) is 98.6 cm³/mol. The van der Waals surface area contributed by atoms with Gasteiger partial charge in [0, 0.05) is 17.1 Å². The first-order valence-electron chi connectivity index (χ1n) is 8.32. The lowest BCUT2D eigenvalue weighted by Gasteiger charge is -2.13. The van der Waals surface area contributed by atoms with E-state index in [-0.39, 0.29) is 11.6 Å². The van der Waals surface area contributed by atoms with E-state index in [4.69, 9.17) is 16.3 Å². The molecule has 7 heteroatoms. The fraction of sp³-hybridized carbons (Fsp3) is 0.389. The molecule has 132 valence electrons. The highest BCUT2D eigenvalue weighted by Gasteiger charge is 2.16. The van der Waals surface area contributed by atoms with Crippen LogP contribution < -0.4 is 15.4 Å². The van der Waals surface area contributed by atoms with Crippen LogP contribution in [0.5, 0.6) is 5.75 Å². The average molecular weight is 361 g/mol. The number of carbonyl (C=O) groups is 1. The lowest BCUT2D eigenvalue weighted by Crippen LogP contribution is -2.18. The van der Waals surface area contributed by atoms with E-state index in [0.717, 1.165) is 18.4 Å². The number of ether oxygens (including phenoxy) is 1. The molecule has 0 saturated heterocycles. The van der Waals surface area contributed by atoms with Gasteiger partial charge in [-0.1, -0.05) is 24.4 Å². The van der Waals surface area contributed by atoms with Crippen LogP contribution in [0.15, 0.2) is 24.3 Å². The van der Waals surface area contributed by atoms with Crippen LogP contribution in [0.25, 0.3) is 0 Å². The number of amides is 1. The molecule has 1 heterocycles. The van der Waals surface area contributed by atoms with Gasteiger partial charge in [-0.25, -0.2) is 0 Å². The number of aromatic nitrogens is 2. The van der Waals surface area contributed by atoms with Gasteiger partial charge in [0.2, 0.25) is 0 Å². The SMILES string of the molecule is COc1cc(Cl)c(C)cc1NC(=O)c1ccc(NC2CCCC2)nn1. The Hall–Kier alpha value is -2.34. The van der Waals surface area contributed by atoms with Gasteiger partial charge < -0.3 is 15.4 Å². The summed E-state index contributed by atoms with van der Waals surface area (Å²) in [7, 11) is 1.53. The normalized spacial score (nSPS) is 14.4. The summed E-state index contributed by atoms with van der Waals surface area (Å²) >= 11 is 6.08. The first-order chi connectivity index (χ1) is 12.1. The maximum Gasteiger partial charge on any atom is 0.276 e. The van der Waals surface area contributed by atoms with Crippen LogP contribution in [-0.2, 0) is 0 Å². The number of nitrogens with zero attached hydrogens (tertiary/aromatic N) is 2. The van der Waals surface area contributed by atoms with E-state index in [2.05, 4.69) is 20.8 Å². The molecular formula is C18H21ClN4O2. The van der Waals surface area contributed by atoms with Crippen molar-refractivity contribution in [3.05, 3.63) is 40.5 Å². The van der Waals surface area contributed by atoms with Crippen molar-refractivity contribution in [2.45, 2.75) is 38.6 Å². The molecule has 1 aliphatic carbocycles. The number of aryl methyl sites for hydroxylation is 1. The van der Waals surface area contributed by atoms with E-state index in [9.17, 15) is 4.79 Å². The predicted octanol–water partition coefficient (Wildman–Crippen LogP) is 4.05. The molecule has 1 aromatic carbocycles. The maximum atomic E-state index is 12.4. The van der Waals surface area contributed by atoms with Crippen LogP contribution in [0.4, 0.5) is 11.5 Å². The quantitative estimate of drug-likeness (QED) is 0.841. The highest BCUT2D eigenvalue weighted by molar-refractivity contribution is 6.31. The zero-order valence-electron chi connectivity index (χ0n) is 14.3. The number of hydrogen-bond acceptors (Lipinski definition) is 5. The van der Waals surface area contributed by atoms with Crippen molar-refractivity contribution in [2.24, 2.45) is 0 Å². The summed E-state index contributed by atoms with van der Waals surface area (Å²) in [6.45, 7) is 1.86. The number of halogens is 1. The molecule has 1 saturated carbocycles. The molecule has 1 aliphatic rings. The van der Waals surface area contributed by atoms with Crippen molar-refractivity contribution in [3.8, 4) is 5.75 Å². The van der Waals surface area contributed by atoms with Crippen molar-refractivity contribution >= 4 is 29.0 Å². The minimum absolute atomic E-state index is 0.242. The van der Waals surface area contributed by atoms with Gasteiger partial charge >= 0.3 is 0 Å². The number of nitrogens with one attached hydrogen (secondary N) is 2. The van der Waals surface area contributed by atoms with Crippen molar-refractivity contribution in [1.29, 1.82) is 0 Å². The number of anilines is 2. The van der Waals surface area contributed by atoms with Crippen LogP contribution in [0, 0.1) is 6.92 Å². The van der Waals surface area contributed by atoms with Crippen molar-refractivity contribution in [2.75, 3.05) is 17.7 Å². The molecule has 1 amide bonds. The summed E-state index contributed by atoms with van der Waals surface area (Å²) in [6, 6.07) is 7.34. The third-order valence-electron chi connectivity index (χ3n) is 4.33. The largest absolute Gasteiger partial charge is 0.495 e. The maximum absolute atomic E-state index is 12.4. The lowest BCUT2D eigenvalue weighted by atomic mass is 10.2. The topological polar surface area (TPSA) is 76.1 Å². The monoisotopic (exact) mass is 360 g/mol. The van der Waals surface area contributed by atoms with Crippen molar-refractivity contribution in [1.82, 2.24) is 10.2 Å². The Morgan fingerprint density at radius 3 is 2.64 bits per heavy atom. The van der Waals surface area contributed by atoms with E-state index in [1.54, 1.807) is 24.3 Å². The second kappa shape index (κ2) is 7.70. The Kier molecular flexibility index (Phi) is 5.38. The van der Waals surface area contributed by atoms with Crippen LogP contribution in [-0.4, -0.2) is 29.3 Å². The molecule has 2 N–H and O–H groups in total. The molecule has 25 heavy (non-hydrogen) atoms. The van der Waals surface area contributed by atoms with E-state index in [1.165, 1.54) is 20.0 Å². The Labute approximate surface area is 151 Å². The van der Waals surface area contributed by atoms with Gasteiger partial charge in [0.05, 0.1) is 12.8 Å². The minimum atomic E-state index is -0.347. The molecule has 0 bridgehead atoms. The summed E-state index contributed by atoms with van der Waals surface area (Å²) in [5.74, 6) is 0.847. The zero-order chi connectivity index (χ0) is 17.8. The van der Waals surface area contributed by atoms with Crippen LogP contribution in [0.2, 0.25) is 5.02 Å². The number of methoxy groups -OCH3 is 1.